The number of benzene rings is 2. The van der Waals surface area contributed by atoms with Crippen molar-refractivity contribution in [2.75, 3.05) is 13.7 Å². The number of ether oxygens (including phenoxy) is 1. The van der Waals surface area contributed by atoms with E-state index in [2.05, 4.69) is 16.0 Å². The van der Waals surface area contributed by atoms with Crippen LogP contribution in [0, 0.1) is 23.5 Å². The standard InChI is InChI=1S/C37H39F2N7O3/c1-19(41-36(47)32-25(38)5-4-6-26(32)39)28-12-10-22-15-30(46(34(22)42-28)17-20-7-8-20)35-43-29-14-23(16-31(49-3)33(29)44(35)2)37(48)45-18-27(40)21-9-11-24(45)13-21/h4-6,10,12,14-16,19-21,24,27H,7-9,11,13,17-18,40H2,1-3H3,(H,41,47)/t19-,21+,24-,27+/m1/s1. The fourth-order valence-corrected chi connectivity index (χ4v) is 7.79. The van der Waals surface area contributed by atoms with Crippen LogP contribution < -0.4 is 15.8 Å². The molecule has 12 heteroatoms. The van der Waals surface area contributed by atoms with E-state index in [0.717, 1.165) is 73.0 Å². The van der Waals surface area contributed by atoms with Crippen LogP contribution in [-0.2, 0) is 13.6 Å². The largest absolute Gasteiger partial charge is 0.494 e. The topological polar surface area (TPSA) is 120 Å². The molecule has 1 saturated heterocycles. The third-order valence-corrected chi connectivity index (χ3v) is 10.7. The number of piperidine rings is 1. The highest BCUT2D eigenvalue weighted by atomic mass is 19.1. The Morgan fingerprint density at radius 1 is 1.06 bits per heavy atom. The van der Waals surface area contributed by atoms with E-state index in [1.54, 1.807) is 20.1 Å². The molecular weight excluding hydrogens is 628 g/mol. The Balaban J connectivity index is 1.16. The molecule has 2 saturated carbocycles. The molecule has 3 N–H and O–H groups in total. The van der Waals surface area contributed by atoms with E-state index < -0.39 is 29.1 Å². The minimum atomic E-state index is -0.922. The number of imidazole rings is 1. The highest BCUT2D eigenvalue weighted by molar-refractivity contribution is 6.00. The summed E-state index contributed by atoms with van der Waals surface area (Å²) in [6, 6.07) is 12.4. The third kappa shape index (κ3) is 5.42. The Labute approximate surface area is 282 Å². The molecule has 0 spiro atoms. The van der Waals surface area contributed by atoms with E-state index in [-0.39, 0.29) is 18.0 Å². The third-order valence-electron chi connectivity index (χ3n) is 10.7. The molecule has 4 atom stereocenters. The molecule has 2 bridgehead atoms. The summed E-state index contributed by atoms with van der Waals surface area (Å²) >= 11 is 0. The fourth-order valence-electron chi connectivity index (χ4n) is 7.79. The van der Waals surface area contributed by atoms with Gasteiger partial charge >= 0.3 is 0 Å². The first-order valence-electron chi connectivity index (χ1n) is 17.0. The van der Waals surface area contributed by atoms with Crippen LogP contribution >= 0.6 is 0 Å². The van der Waals surface area contributed by atoms with Crippen molar-refractivity contribution in [1.82, 2.24) is 29.3 Å². The number of fused-ring (bicyclic) bond motifs is 4. The molecule has 3 aromatic heterocycles. The molecule has 8 rings (SSSR count). The summed E-state index contributed by atoms with van der Waals surface area (Å²) in [5.74, 6) is -0.485. The van der Waals surface area contributed by atoms with Crippen molar-refractivity contribution in [3.05, 3.63) is 77.0 Å². The van der Waals surface area contributed by atoms with Gasteiger partial charge in [-0.3, -0.25) is 9.59 Å². The number of aryl methyl sites for hydroxylation is 1. The first kappa shape index (κ1) is 31.4. The second kappa shape index (κ2) is 11.9. The number of hydrogen-bond donors (Lipinski definition) is 2. The van der Waals surface area contributed by atoms with Crippen molar-refractivity contribution < 1.29 is 23.1 Å². The number of aromatic nitrogens is 4. The Morgan fingerprint density at radius 2 is 1.84 bits per heavy atom. The second-order valence-electron chi connectivity index (χ2n) is 13.9. The first-order chi connectivity index (χ1) is 23.6. The lowest BCUT2D eigenvalue weighted by Crippen LogP contribution is -2.51. The predicted molar refractivity (Wildman–Crippen MR) is 181 cm³/mol. The maximum Gasteiger partial charge on any atom is 0.257 e. The van der Waals surface area contributed by atoms with Crippen LogP contribution in [-0.4, -0.2) is 61.6 Å². The number of pyridine rings is 1. The average molecular weight is 668 g/mol. The van der Waals surface area contributed by atoms with Gasteiger partial charge in [-0.1, -0.05) is 6.07 Å². The summed E-state index contributed by atoms with van der Waals surface area (Å²) in [7, 11) is 3.54. The van der Waals surface area contributed by atoms with Gasteiger partial charge in [-0.15, -0.1) is 0 Å². The molecule has 254 valence electrons. The van der Waals surface area contributed by atoms with Gasteiger partial charge < -0.3 is 29.8 Å². The highest BCUT2D eigenvalue weighted by Crippen LogP contribution is 2.40. The van der Waals surface area contributed by atoms with Gasteiger partial charge in [-0.25, -0.2) is 18.7 Å². The first-order valence-corrected chi connectivity index (χ1v) is 17.0. The monoisotopic (exact) mass is 667 g/mol. The summed E-state index contributed by atoms with van der Waals surface area (Å²) < 4.78 is 38.6. The van der Waals surface area contributed by atoms with Gasteiger partial charge in [-0.2, -0.15) is 0 Å². The average Bonchev–Trinajstić information content (AvgIpc) is 3.55. The van der Waals surface area contributed by atoms with Crippen molar-refractivity contribution in [2.24, 2.45) is 24.6 Å². The van der Waals surface area contributed by atoms with Crippen LogP contribution in [0.25, 0.3) is 33.6 Å². The quantitative estimate of drug-likeness (QED) is 0.218. The Morgan fingerprint density at radius 3 is 2.57 bits per heavy atom. The lowest BCUT2D eigenvalue weighted by atomic mass is 9.94. The van der Waals surface area contributed by atoms with Crippen molar-refractivity contribution in [2.45, 2.75) is 63.7 Å². The van der Waals surface area contributed by atoms with Crippen molar-refractivity contribution in [1.29, 1.82) is 0 Å². The van der Waals surface area contributed by atoms with Crippen LogP contribution in [0.2, 0.25) is 0 Å². The van der Waals surface area contributed by atoms with E-state index in [1.807, 2.05) is 34.7 Å². The highest BCUT2D eigenvalue weighted by Gasteiger charge is 2.41. The van der Waals surface area contributed by atoms with Gasteiger partial charge in [-0.05, 0) is 93.3 Å². The SMILES string of the molecule is COc1cc(C(=O)N2C[C@H](N)[C@H]3CC[C@@H]2C3)cc2nc(-c3cc4ccc([C@@H](C)NC(=O)c5c(F)cccc5F)nc4n3CC3CC3)n(C)c12. The molecule has 49 heavy (non-hydrogen) atoms. The maximum absolute atomic E-state index is 14.3. The molecule has 0 radical (unpaired) electrons. The van der Waals surface area contributed by atoms with E-state index in [4.69, 9.17) is 20.4 Å². The van der Waals surface area contributed by atoms with E-state index >= 15 is 0 Å². The summed E-state index contributed by atoms with van der Waals surface area (Å²) in [5, 5.41) is 3.59. The number of hydrogen-bond acceptors (Lipinski definition) is 6. The zero-order valence-corrected chi connectivity index (χ0v) is 27.7. The van der Waals surface area contributed by atoms with Crippen molar-refractivity contribution >= 4 is 33.9 Å². The molecule has 10 nitrogen and oxygen atoms in total. The van der Waals surface area contributed by atoms with Gasteiger partial charge in [0.1, 0.15) is 34.1 Å². The summed E-state index contributed by atoms with van der Waals surface area (Å²) in [6.07, 6.45) is 5.23. The number of likely N-dealkylation sites (tertiary alicyclic amines) is 1. The number of nitrogens with one attached hydrogen (secondary N) is 1. The van der Waals surface area contributed by atoms with E-state index in [1.165, 1.54) is 6.07 Å². The zero-order valence-electron chi connectivity index (χ0n) is 27.7. The number of amides is 2. The van der Waals surface area contributed by atoms with E-state index in [0.29, 0.717) is 46.7 Å². The number of methoxy groups -OCH3 is 1. The minimum absolute atomic E-state index is 0.00796. The lowest BCUT2D eigenvalue weighted by molar-refractivity contribution is 0.0603. The van der Waals surface area contributed by atoms with Gasteiger partial charge in [0.05, 0.1) is 30.1 Å². The van der Waals surface area contributed by atoms with Gasteiger partial charge in [0.25, 0.3) is 11.8 Å². The maximum atomic E-state index is 14.3. The Hall–Kier alpha value is -4.84. The van der Waals surface area contributed by atoms with Crippen LogP contribution in [0.5, 0.6) is 5.75 Å². The smallest absolute Gasteiger partial charge is 0.257 e. The number of carbonyl (C=O) groups excluding carboxylic acids is 2. The molecule has 2 aromatic carbocycles. The zero-order chi connectivity index (χ0) is 34.1. The molecule has 5 aromatic rings. The minimum Gasteiger partial charge on any atom is -0.494 e. The number of rotatable bonds is 8. The van der Waals surface area contributed by atoms with Crippen LogP contribution in [0.1, 0.15) is 71.5 Å². The number of carbonyl (C=O) groups is 2. The molecule has 0 unspecified atom stereocenters. The fraction of sp³-hybridized carbons (Fsp3) is 0.405. The molecule has 3 aliphatic rings. The predicted octanol–water partition coefficient (Wildman–Crippen LogP) is 5.73. The molecule has 4 heterocycles. The Kier molecular flexibility index (Phi) is 7.66. The molecule has 2 aliphatic carbocycles. The molecular formula is C37H39F2N7O3. The van der Waals surface area contributed by atoms with Gasteiger partial charge in [0.15, 0.2) is 5.82 Å². The van der Waals surface area contributed by atoms with Crippen LogP contribution in [0.4, 0.5) is 8.78 Å². The van der Waals surface area contributed by atoms with Crippen LogP contribution in [0.3, 0.4) is 0 Å². The van der Waals surface area contributed by atoms with Crippen molar-refractivity contribution in [3.63, 3.8) is 0 Å². The summed E-state index contributed by atoms with van der Waals surface area (Å²) in [6.45, 7) is 3.03. The van der Waals surface area contributed by atoms with E-state index in [9.17, 15) is 18.4 Å². The number of halogens is 2. The van der Waals surface area contributed by atoms with Gasteiger partial charge in [0, 0.05) is 43.2 Å². The molecule has 2 amide bonds. The number of nitrogens with two attached hydrogens (primary N) is 1. The normalized spacial score (nSPS) is 21.0. The Bertz CT molecular complexity index is 2120. The van der Waals surface area contributed by atoms with Crippen LogP contribution in [0.15, 0.2) is 48.5 Å². The van der Waals surface area contributed by atoms with Crippen molar-refractivity contribution in [3.8, 4) is 17.3 Å². The molecule has 3 fully saturated rings. The second-order valence-corrected chi connectivity index (χ2v) is 13.9. The lowest BCUT2D eigenvalue weighted by Gasteiger charge is -2.37. The van der Waals surface area contributed by atoms with Gasteiger partial charge in [0.2, 0.25) is 0 Å². The molecule has 1 aliphatic heterocycles. The summed E-state index contributed by atoms with van der Waals surface area (Å²) in [5.41, 5.74) is 9.92. The summed E-state index contributed by atoms with van der Waals surface area (Å²) in [4.78, 5) is 38.7. The number of nitrogens with zero attached hydrogens (tertiary/aromatic N) is 5.